The van der Waals surface area contributed by atoms with Gasteiger partial charge in [-0.25, -0.2) is 4.79 Å². The summed E-state index contributed by atoms with van der Waals surface area (Å²) >= 11 is 0. The molecule has 1 unspecified atom stereocenters. The average Bonchev–Trinajstić information content (AvgIpc) is 2.86. The molecular formula is C30H31NO3. The monoisotopic (exact) mass is 453 g/mol. The van der Waals surface area contributed by atoms with Crippen molar-refractivity contribution < 1.29 is 14.6 Å². The van der Waals surface area contributed by atoms with Crippen LogP contribution in [0.15, 0.2) is 78.9 Å². The van der Waals surface area contributed by atoms with E-state index in [1.165, 1.54) is 0 Å². The number of hydrogen-bond acceptors (Lipinski definition) is 3. The maximum atomic E-state index is 12.0. The zero-order valence-electron chi connectivity index (χ0n) is 20.1. The molecule has 0 spiro atoms. The number of aromatic carboxylic acids is 1. The summed E-state index contributed by atoms with van der Waals surface area (Å²) in [6.45, 7) is 6.87. The zero-order valence-corrected chi connectivity index (χ0v) is 20.1. The first-order valence-electron chi connectivity index (χ1n) is 11.6. The van der Waals surface area contributed by atoms with E-state index in [2.05, 4.69) is 42.6 Å². The van der Waals surface area contributed by atoms with E-state index in [1.54, 1.807) is 7.11 Å². The summed E-state index contributed by atoms with van der Waals surface area (Å²) in [6, 6.07) is 26.7. The van der Waals surface area contributed by atoms with Crippen LogP contribution in [0.2, 0.25) is 0 Å². The minimum atomic E-state index is -0.889. The van der Waals surface area contributed by atoms with Gasteiger partial charge in [-0.3, -0.25) is 0 Å². The molecule has 0 aliphatic heterocycles. The second kappa shape index (κ2) is 10.1. The topological polar surface area (TPSA) is 58.6 Å². The Labute approximate surface area is 201 Å². The van der Waals surface area contributed by atoms with Crippen LogP contribution in [0.3, 0.4) is 0 Å². The van der Waals surface area contributed by atoms with Gasteiger partial charge in [0.2, 0.25) is 0 Å². The molecule has 174 valence electrons. The molecule has 2 N–H and O–H groups in total. The van der Waals surface area contributed by atoms with E-state index in [0.29, 0.717) is 12.1 Å². The molecule has 0 saturated heterocycles. The number of benzene rings is 4. The van der Waals surface area contributed by atoms with Crippen LogP contribution in [-0.2, 0) is 6.54 Å². The highest BCUT2D eigenvalue weighted by Gasteiger charge is 2.16. The lowest BCUT2D eigenvalue weighted by Gasteiger charge is -2.17. The van der Waals surface area contributed by atoms with E-state index in [-0.39, 0.29) is 12.0 Å². The number of carboxylic acid groups (broad SMARTS) is 1. The van der Waals surface area contributed by atoms with Crippen molar-refractivity contribution in [2.45, 2.75) is 39.3 Å². The number of carbonyl (C=O) groups is 1. The quantitative estimate of drug-likeness (QED) is 0.296. The van der Waals surface area contributed by atoms with Crippen molar-refractivity contribution in [2.75, 3.05) is 7.11 Å². The van der Waals surface area contributed by atoms with Crippen LogP contribution < -0.4 is 10.1 Å². The zero-order chi connectivity index (χ0) is 24.2. The van der Waals surface area contributed by atoms with Gasteiger partial charge in [0.1, 0.15) is 5.75 Å². The largest absolute Gasteiger partial charge is 0.497 e. The van der Waals surface area contributed by atoms with Gasteiger partial charge in [-0.1, -0.05) is 62.4 Å². The molecule has 4 aromatic carbocycles. The van der Waals surface area contributed by atoms with Crippen molar-refractivity contribution in [3.8, 4) is 16.9 Å². The number of rotatable bonds is 8. The molecule has 0 radical (unpaired) electrons. The Kier molecular flexibility index (Phi) is 6.99. The van der Waals surface area contributed by atoms with Crippen LogP contribution in [0, 0.1) is 0 Å². The van der Waals surface area contributed by atoms with E-state index in [4.69, 9.17) is 4.74 Å². The molecule has 4 rings (SSSR count). The van der Waals surface area contributed by atoms with Gasteiger partial charge in [0.15, 0.2) is 0 Å². The Bertz CT molecular complexity index is 1330. The van der Waals surface area contributed by atoms with E-state index in [0.717, 1.165) is 44.3 Å². The van der Waals surface area contributed by atoms with Crippen LogP contribution >= 0.6 is 0 Å². The highest BCUT2D eigenvalue weighted by Crippen LogP contribution is 2.33. The molecule has 0 amide bonds. The predicted molar refractivity (Wildman–Crippen MR) is 139 cm³/mol. The number of nitrogens with one attached hydrogen (secondary N) is 1. The number of carboxylic acids is 1. The van der Waals surface area contributed by atoms with Gasteiger partial charge >= 0.3 is 5.97 Å². The Hall–Kier alpha value is -3.63. The van der Waals surface area contributed by atoms with Crippen LogP contribution in [0.5, 0.6) is 5.75 Å². The predicted octanol–water partition coefficient (Wildman–Crippen LogP) is 7.19. The number of fused-ring (bicyclic) bond motifs is 1. The molecule has 0 aliphatic carbocycles. The Morgan fingerprint density at radius 2 is 1.74 bits per heavy atom. The smallest absolute Gasteiger partial charge is 0.335 e. The van der Waals surface area contributed by atoms with Gasteiger partial charge < -0.3 is 15.2 Å². The van der Waals surface area contributed by atoms with Crippen molar-refractivity contribution in [3.05, 3.63) is 101 Å². The van der Waals surface area contributed by atoms with Gasteiger partial charge in [-0.05, 0) is 81.8 Å². The van der Waals surface area contributed by atoms with Gasteiger partial charge in [-0.15, -0.1) is 0 Å². The minimum absolute atomic E-state index is 0.144. The molecule has 0 fully saturated rings. The Balaban J connectivity index is 1.70. The van der Waals surface area contributed by atoms with Crippen LogP contribution in [-0.4, -0.2) is 18.2 Å². The summed E-state index contributed by atoms with van der Waals surface area (Å²) in [7, 11) is 1.68. The van der Waals surface area contributed by atoms with E-state index >= 15 is 0 Å². The van der Waals surface area contributed by atoms with Gasteiger partial charge in [0.05, 0.1) is 12.7 Å². The lowest BCUT2D eigenvalue weighted by atomic mass is 9.90. The van der Waals surface area contributed by atoms with Crippen molar-refractivity contribution >= 4 is 16.7 Å². The third kappa shape index (κ3) is 4.97. The van der Waals surface area contributed by atoms with E-state index in [9.17, 15) is 9.90 Å². The van der Waals surface area contributed by atoms with Gasteiger partial charge in [-0.2, -0.15) is 0 Å². The molecule has 0 aliphatic rings. The summed E-state index contributed by atoms with van der Waals surface area (Å²) in [6.07, 6.45) is 0. The van der Waals surface area contributed by atoms with Gasteiger partial charge in [0, 0.05) is 12.6 Å². The molecule has 4 heteroatoms. The number of hydrogen-bond donors (Lipinski definition) is 2. The van der Waals surface area contributed by atoms with Crippen LogP contribution in [0.25, 0.3) is 21.9 Å². The summed E-state index contributed by atoms with van der Waals surface area (Å²) in [5.74, 6) is 0.100. The van der Waals surface area contributed by atoms with Crippen molar-refractivity contribution in [2.24, 2.45) is 0 Å². The van der Waals surface area contributed by atoms with Crippen molar-refractivity contribution in [1.29, 1.82) is 0 Å². The maximum Gasteiger partial charge on any atom is 0.335 e. The molecule has 0 aromatic heterocycles. The molecule has 34 heavy (non-hydrogen) atoms. The first-order chi connectivity index (χ1) is 16.4. The second-order valence-corrected chi connectivity index (χ2v) is 9.01. The normalized spacial score (nSPS) is 12.1. The highest BCUT2D eigenvalue weighted by atomic mass is 16.5. The van der Waals surface area contributed by atoms with Crippen LogP contribution in [0.4, 0.5) is 0 Å². The summed E-state index contributed by atoms with van der Waals surface area (Å²) < 4.78 is 5.36. The molecule has 0 heterocycles. The van der Waals surface area contributed by atoms with Crippen molar-refractivity contribution in [1.82, 2.24) is 5.32 Å². The first-order valence-corrected chi connectivity index (χ1v) is 11.6. The van der Waals surface area contributed by atoms with Crippen LogP contribution in [0.1, 0.15) is 59.8 Å². The lowest BCUT2D eigenvalue weighted by Crippen LogP contribution is -2.18. The van der Waals surface area contributed by atoms with E-state index < -0.39 is 5.97 Å². The second-order valence-electron chi connectivity index (χ2n) is 9.01. The Morgan fingerprint density at radius 1 is 0.941 bits per heavy atom. The van der Waals surface area contributed by atoms with E-state index in [1.807, 2.05) is 62.4 Å². The van der Waals surface area contributed by atoms with Crippen molar-refractivity contribution in [3.63, 3.8) is 0 Å². The fraction of sp³-hybridized carbons (Fsp3) is 0.233. The third-order valence-electron chi connectivity index (χ3n) is 6.34. The lowest BCUT2D eigenvalue weighted by molar-refractivity contribution is 0.0695. The molecule has 1 atom stereocenters. The molecule has 0 bridgehead atoms. The molecule has 0 saturated carbocycles. The maximum absolute atomic E-state index is 12.0. The first kappa shape index (κ1) is 23.5. The number of methoxy groups -OCH3 is 1. The number of ether oxygens (including phenoxy) is 1. The molecule has 4 nitrogen and oxygen atoms in total. The summed E-state index contributed by atoms with van der Waals surface area (Å²) in [4.78, 5) is 12.0. The fourth-order valence-electron chi connectivity index (χ4n) is 4.43. The third-order valence-corrected chi connectivity index (χ3v) is 6.34. The van der Waals surface area contributed by atoms with Gasteiger partial charge in [0.25, 0.3) is 0 Å². The summed E-state index contributed by atoms with van der Waals surface area (Å²) in [5.41, 5.74) is 5.49. The summed E-state index contributed by atoms with van der Waals surface area (Å²) in [5, 5.41) is 15.7. The SMILES string of the molecule is COc1cccc(C(C)NCc2cc(-c3ccc(C(C)C)c(C(=O)O)c3)c3ccccc3c2)c1. The average molecular weight is 454 g/mol. The fourth-order valence-corrected chi connectivity index (χ4v) is 4.43. The standard InChI is InChI=1S/C30H31NO3/c1-19(2)26-13-12-24(17-29(26)30(32)33)28-15-21(14-23-8-5-6-11-27(23)28)18-31-20(3)22-9-7-10-25(16-22)34-4/h5-17,19-20,31H,18H2,1-4H3,(H,32,33). The molecular weight excluding hydrogens is 422 g/mol. The Morgan fingerprint density at radius 3 is 2.47 bits per heavy atom. The minimum Gasteiger partial charge on any atom is -0.497 e. The highest BCUT2D eigenvalue weighted by molar-refractivity contribution is 5.99. The molecule has 4 aromatic rings.